The van der Waals surface area contributed by atoms with Crippen molar-refractivity contribution in [1.82, 2.24) is 4.90 Å². The number of hydrogen-bond acceptors (Lipinski definition) is 3. The number of carboxylic acids is 1. The van der Waals surface area contributed by atoms with Gasteiger partial charge in [-0.05, 0) is 46.5 Å². The second kappa shape index (κ2) is 4.69. The Bertz CT molecular complexity index is 387. The van der Waals surface area contributed by atoms with Crippen LogP contribution in [0.5, 0.6) is 0 Å². The highest BCUT2D eigenvalue weighted by Gasteiger charge is 2.53. The lowest BCUT2D eigenvalue weighted by molar-refractivity contribution is -0.158. The van der Waals surface area contributed by atoms with Crippen molar-refractivity contribution in [1.29, 1.82) is 0 Å². The summed E-state index contributed by atoms with van der Waals surface area (Å²) in [5, 5.41) is 9.23. The van der Waals surface area contributed by atoms with E-state index in [9.17, 15) is 14.7 Å². The van der Waals surface area contributed by atoms with Crippen LogP contribution in [0.3, 0.4) is 0 Å². The van der Waals surface area contributed by atoms with Gasteiger partial charge >= 0.3 is 12.1 Å². The molecule has 2 aliphatic rings. The average Bonchev–Trinajstić information content (AvgIpc) is 2.24. The summed E-state index contributed by atoms with van der Waals surface area (Å²) in [5.41, 5.74) is -0.714. The van der Waals surface area contributed by atoms with Crippen molar-refractivity contribution < 1.29 is 19.4 Å². The first-order valence-corrected chi connectivity index (χ1v) is 6.94. The summed E-state index contributed by atoms with van der Waals surface area (Å²) in [7, 11) is 0. The van der Waals surface area contributed by atoms with Crippen molar-refractivity contribution in [3.63, 3.8) is 0 Å². The zero-order chi connectivity index (χ0) is 14.3. The number of likely N-dealkylation sites (tertiary alicyclic amines) is 1. The number of aliphatic carboxylic acids is 1. The Morgan fingerprint density at radius 2 is 2.00 bits per heavy atom. The van der Waals surface area contributed by atoms with Crippen LogP contribution >= 0.6 is 0 Å². The van der Waals surface area contributed by atoms with E-state index in [0.717, 1.165) is 25.7 Å². The minimum Gasteiger partial charge on any atom is -0.481 e. The van der Waals surface area contributed by atoms with E-state index in [0.29, 0.717) is 13.1 Å². The standard InChI is InChI=1S/C14H23NO4/c1-13(2,3)19-12(18)15-8-4-6-14(9-15)7-5-10(14)11(16)17/h10H,4-9H2,1-3H3,(H,16,17)/t10-,14-/m1/s1. The molecule has 2 atom stereocenters. The van der Waals surface area contributed by atoms with E-state index in [1.807, 2.05) is 20.8 Å². The number of piperidine rings is 1. The van der Waals surface area contributed by atoms with Crippen molar-refractivity contribution >= 4 is 12.1 Å². The van der Waals surface area contributed by atoms with E-state index < -0.39 is 11.6 Å². The van der Waals surface area contributed by atoms with Gasteiger partial charge < -0.3 is 14.7 Å². The third-order valence-electron chi connectivity index (χ3n) is 4.23. The number of hydrogen-bond donors (Lipinski definition) is 1. The fraction of sp³-hybridized carbons (Fsp3) is 0.857. The van der Waals surface area contributed by atoms with E-state index in [2.05, 4.69) is 0 Å². The first kappa shape index (κ1) is 14.2. The Morgan fingerprint density at radius 3 is 2.47 bits per heavy atom. The Balaban J connectivity index is 2.02. The summed E-state index contributed by atoms with van der Waals surface area (Å²) in [6.07, 6.45) is 3.09. The molecule has 1 saturated heterocycles. The lowest BCUT2D eigenvalue weighted by Crippen LogP contribution is -2.56. The molecular formula is C14H23NO4. The van der Waals surface area contributed by atoms with Crippen LogP contribution in [0.15, 0.2) is 0 Å². The number of carbonyl (C=O) groups excluding carboxylic acids is 1. The molecule has 1 spiro atoms. The first-order valence-electron chi connectivity index (χ1n) is 6.94. The summed E-state index contributed by atoms with van der Waals surface area (Å²) < 4.78 is 5.37. The topological polar surface area (TPSA) is 66.8 Å². The third kappa shape index (κ3) is 2.85. The highest BCUT2D eigenvalue weighted by Crippen LogP contribution is 2.52. The monoisotopic (exact) mass is 269 g/mol. The van der Waals surface area contributed by atoms with Crippen LogP contribution in [0.25, 0.3) is 0 Å². The maximum Gasteiger partial charge on any atom is 0.410 e. The summed E-state index contributed by atoms with van der Waals surface area (Å²) in [6, 6.07) is 0. The Hall–Kier alpha value is -1.26. The van der Waals surface area contributed by atoms with E-state index in [1.165, 1.54) is 0 Å². The maximum atomic E-state index is 12.1. The van der Waals surface area contributed by atoms with E-state index in [4.69, 9.17) is 4.74 Å². The van der Waals surface area contributed by atoms with Gasteiger partial charge in [0.1, 0.15) is 5.60 Å². The fourth-order valence-corrected chi connectivity index (χ4v) is 3.21. The van der Waals surface area contributed by atoms with Crippen LogP contribution in [-0.2, 0) is 9.53 Å². The minimum atomic E-state index is -0.725. The van der Waals surface area contributed by atoms with E-state index >= 15 is 0 Å². The zero-order valence-electron chi connectivity index (χ0n) is 11.9. The summed E-state index contributed by atoms with van der Waals surface area (Å²) in [5.74, 6) is -1.02. The minimum absolute atomic E-state index is 0.207. The van der Waals surface area contributed by atoms with Gasteiger partial charge in [-0.2, -0.15) is 0 Å². The molecule has 19 heavy (non-hydrogen) atoms. The van der Waals surface area contributed by atoms with Crippen LogP contribution in [0, 0.1) is 11.3 Å². The predicted octanol–water partition coefficient (Wildman–Crippen LogP) is 2.50. The molecule has 5 heteroatoms. The predicted molar refractivity (Wildman–Crippen MR) is 69.8 cm³/mol. The lowest BCUT2D eigenvalue weighted by Gasteiger charge is -2.52. The van der Waals surface area contributed by atoms with Crippen LogP contribution in [-0.4, -0.2) is 40.8 Å². The smallest absolute Gasteiger partial charge is 0.410 e. The third-order valence-corrected chi connectivity index (χ3v) is 4.23. The van der Waals surface area contributed by atoms with Crippen LogP contribution < -0.4 is 0 Å². The number of rotatable bonds is 1. The Labute approximate surface area is 113 Å². The van der Waals surface area contributed by atoms with Crippen LogP contribution in [0.1, 0.15) is 46.5 Å². The molecule has 0 aromatic carbocycles. The van der Waals surface area contributed by atoms with Crippen molar-refractivity contribution in [3.8, 4) is 0 Å². The molecule has 1 heterocycles. The van der Waals surface area contributed by atoms with Crippen LogP contribution in [0.2, 0.25) is 0 Å². The molecule has 5 nitrogen and oxygen atoms in total. The summed E-state index contributed by atoms with van der Waals surface area (Å²) in [4.78, 5) is 25.0. The highest BCUT2D eigenvalue weighted by atomic mass is 16.6. The molecular weight excluding hydrogens is 246 g/mol. The van der Waals surface area contributed by atoms with Crippen LogP contribution in [0.4, 0.5) is 4.79 Å². The average molecular weight is 269 g/mol. The fourth-order valence-electron chi connectivity index (χ4n) is 3.21. The summed E-state index contributed by atoms with van der Waals surface area (Å²) in [6.45, 7) is 6.72. The first-order chi connectivity index (χ1) is 8.73. The van der Waals surface area contributed by atoms with Gasteiger partial charge in [0.15, 0.2) is 0 Å². The zero-order valence-corrected chi connectivity index (χ0v) is 11.9. The molecule has 0 aromatic rings. The number of carboxylic acid groups (broad SMARTS) is 1. The Kier molecular flexibility index (Phi) is 3.49. The second-order valence-corrected chi connectivity index (χ2v) is 6.80. The SMILES string of the molecule is CC(C)(C)OC(=O)N1CCC[C@@]2(CC[C@@H]2C(=O)O)C1. The summed E-state index contributed by atoms with van der Waals surface area (Å²) >= 11 is 0. The maximum absolute atomic E-state index is 12.1. The van der Waals surface area contributed by atoms with E-state index in [-0.39, 0.29) is 17.4 Å². The molecule has 1 aliphatic carbocycles. The van der Waals surface area contributed by atoms with E-state index in [1.54, 1.807) is 4.90 Å². The van der Waals surface area contributed by atoms with Crippen molar-refractivity contribution in [2.24, 2.45) is 11.3 Å². The quantitative estimate of drug-likeness (QED) is 0.794. The van der Waals surface area contributed by atoms with Gasteiger partial charge in [0.2, 0.25) is 0 Å². The van der Waals surface area contributed by atoms with Gasteiger partial charge in [-0.1, -0.05) is 0 Å². The molecule has 1 saturated carbocycles. The highest BCUT2D eigenvalue weighted by molar-refractivity contribution is 5.73. The second-order valence-electron chi connectivity index (χ2n) is 6.80. The Morgan fingerprint density at radius 1 is 1.32 bits per heavy atom. The molecule has 1 N–H and O–H groups in total. The molecule has 0 radical (unpaired) electrons. The number of nitrogens with zero attached hydrogens (tertiary/aromatic N) is 1. The normalized spacial score (nSPS) is 30.9. The molecule has 1 amide bonds. The molecule has 0 aromatic heterocycles. The van der Waals surface area contributed by atoms with Crippen molar-refractivity contribution in [2.45, 2.75) is 52.1 Å². The van der Waals surface area contributed by atoms with Crippen molar-refractivity contribution in [3.05, 3.63) is 0 Å². The molecule has 2 rings (SSSR count). The molecule has 0 unspecified atom stereocenters. The molecule has 0 bridgehead atoms. The van der Waals surface area contributed by atoms with Gasteiger partial charge in [-0.25, -0.2) is 4.79 Å². The van der Waals surface area contributed by atoms with Gasteiger partial charge in [-0.15, -0.1) is 0 Å². The number of carbonyl (C=O) groups is 2. The molecule has 1 aliphatic heterocycles. The van der Waals surface area contributed by atoms with Gasteiger partial charge in [0.25, 0.3) is 0 Å². The van der Waals surface area contributed by atoms with Gasteiger partial charge in [0, 0.05) is 18.5 Å². The number of ether oxygens (including phenoxy) is 1. The molecule has 108 valence electrons. The van der Waals surface area contributed by atoms with Gasteiger partial charge in [-0.3, -0.25) is 4.79 Å². The number of amides is 1. The van der Waals surface area contributed by atoms with Gasteiger partial charge in [0.05, 0.1) is 5.92 Å². The largest absolute Gasteiger partial charge is 0.481 e. The van der Waals surface area contributed by atoms with Crippen molar-refractivity contribution in [2.75, 3.05) is 13.1 Å². The lowest BCUT2D eigenvalue weighted by atomic mass is 9.56. The molecule has 2 fully saturated rings.